The molecule has 0 aliphatic rings. The summed E-state index contributed by atoms with van der Waals surface area (Å²) in [5.41, 5.74) is 0. The monoisotopic (exact) mass is 148 g/mol. The molecule has 0 bridgehead atoms. The number of hydrogen-bond acceptors (Lipinski definition) is 2. The summed E-state index contributed by atoms with van der Waals surface area (Å²) in [6, 6.07) is 0. The zero-order valence-corrected chi connectivity index (χ0v) is 6.83. The smallest absolute Gasteiger partial charge is 0.221 e. The molecule has 0 spiro atoms. The highest BCUT2D eigenvalue weighted by Gasteiger charge is 2.12. The van der Waals surface area contributed by atoms with E-state index in [0.717, 1.165) is 0 Å². The van der Waals surface area contributed by atoms with Crippen LogP contribution in [-0.2, 0) is 15.6 Å². The van der Waals surface area contributed by atoms with Gasteiger partial charge in [-0.3, -0.25) is 9.00 Å². The van der Waals surface area contributed by atoms with Crippen molar-refractivity contribution in [3.05, 3.63) is 0 Å². The third kappa shape index (κ3) is 2.75. The van der Waals surface area contributed by atoms with Crippen molar-refractivity contribution in [3.8, 4) is 0 Å². The van der Waals surface area contributed by atoms with Crippen molar-refractivity contribution < 1.29 is 9.00 Å². The molecule has 0 N–H and O–H groups in total. The number of rotatable bonds is 2. The Kier molecular flexibility index (Phi) is 3.70. The lowest BCUT2D eigenvalue weighted by molar-refractivity contribution is -0.113. The number of hydrogen-bond donors (Lipinski definition) is 0. The number of carbonyl (C=O) groups excluding carboxylic acids is 1. The fourth-order valence-electron chi connectivity index (χ4n) is 0.405. The first-order valence-electron chi connectivity index (χ1n) is 3.01. The van der Waals surface area contributed by atoms with E-state index in [2.05, 4.69) is 0 Å². The molecule has 0 saturated carbocycles. The van der Waals surface area contributed by atoms with E-state index in [0.29, 0.717) is 5.75 Å². The summed E-state index contributed by atoms with van der Waals surface area (Å²) in [5, 5.41) is -0.141. The van der Waals surface area contributed by atoms with Crippen LogP contribution < -0.4 is 0 Å². The molecule has 0 aromatic heterocycles. The maximum absolute atomic E-state index is 10.8. The van der Waals surface area contributed by atoms with Gasteiger partial charge in [0.05, 0.1) is 10.8 Å². The molecular formula is C6H12O2S. The van der Waals surface area contributed by atoms with E-state index in [1.165, 1.54) is 0 Å². The summed E-state index contributed by atoms with van der Waals surface area (Å²) in [6.07, 6.45) is 0. The Morgan fingerprint density at radius 3 is 2.11 bits per heavy atom. The van der Waals surface area contributed by atoms with E-state index in [4.69, 9.17) is 0 Å². The predicted molar refractivity (Wildman–Crippen MR) is 38.5 cm³/mol. The Hall–Kier alpha value is -0.180. The molecule has 0 saturated heterocycles. The topological polar surface area (TPSA) is 34.1 Å². The van der Waals surface area contributed by atoms with Gasteiger partial charge >= 0.3 is 0 Å². The van der Waals surface area contributed by atoms with Crippen LogP contribution in [0, 0.1) is 5.92 Å². The fourth-order valence-corrected chi connectivity index (χ4v) is 1.22. The molecule has 0 aliphatic carbocycles. The maximum Gasteiger partial charge on any atom is 0.221 e. The van der Waals surface area contributed by atoms with Crippen molar-refractivity contribution in [1.82, 2.24) is 0 Å². The molecule has 0 rings (SSSR count). The standard InChI is InChI=1S/C6H12O2S/c1-4-9(8)6(7)5(2)3/h5H,4H2,1-3H3. The molecule has 0 aromatic rings. The molecule has 0 aromatic carbocycles. The summed E-state index contributed by atoms with van der Waals surface area (Å²) in [6.45, 7) is 5.27. The molecule has 1 atom stereocenters. The zero-order chi connectivity index (χ0) is 7.44. The summed E-state index contributed by atoms with van der Waals surface area (Å²) >= 11 is 0. The van der Waals surface area contributed by atoms with Crippen molar-refractivity contribution in [3.63, 3.8) is 0 Å². The van der Waals surface area contributed by atoms with Gasteiger partial charge in [-0.25, -0.2) is 0 Å². The lowest BCUT2D eigenvalue weighted by atomic mass is 10.3. The van der Waals surface area contributed by atoms with E-state index in [-0.39, 0.29) is 11.0 Å². The Balaban J connectivity index is 3.89. The Labute approximate surface area is 58.1 Å². The second-order valence-electron chi connectivity index (χ2n) is 2.11. The predicted octanol–water partition coefficient (Wildman–Crippen LogP) is 0.938. The van der Waals surface area contributed by atoms with E-state index in [1.807, 2.05) is 0 Å². The van der Waals surface area contributed by atoms with Gasteiger partial charge < -0.3 is 0 Å². The van der Waals surface area contributed by atoms with Gasteiger partial charge in [-0.1, -0.05) is 20.8 Å². The van der Waals surface area contributed by atoms with Crippen molar-refractivity contribution in [2.24, 2.45) is 5.92 Å². The van der Waals surface area contributed by atoms with Crippen LogP contribution >= 0.6 is 0 Å². The summed E-state index contributed by atoms with van der Waals surface area (Å²) in [7, 11) is -1.24. The highest BCUT2D eigenvalue weighted by molar-refractivity contribution is 8.00. The van der Waals surface area contributed by atoms with E-state index in [9.17, 15) is 9.00 Å². The van der Waals surface area contributed by atoms with Gasteiger partial charge in [-0.2, -0.15) is 0 Å². The summed E-state index contributed by atoms with van der Waals surface area (Å²) < 4.78 is 10.7. The fraction of sp³-hybridized carbons (Fsp3) is 0.833. The van der Waals surface area contributed by atoms with Crippen molar-refractivity contribution in [1.29, 1.82) is 0 Å². The van der Waals surface area contributed by atoms with Crippen LogP contribution in [-0.4, -0.2) is 15.1 Å². The lowest BCUT2D eigenvalue weighted by Gasteiger charge is -1.99. The highest BCUT2D eigenvalue weighted by atomic mass is 32.2. The van der Waals surface area contributed by atoms with Crippen molar-refractivity contribution in [2.45, 2.75) is 20.8 Å². The summed E-state index contributed by atoms with van der Waals surface area (Å²) in [5.74, 6) is 0.350. The molecule has 0 fully saturated rings. The van der Waals surface area contributed by atoms with Crippen LogP contribution in [0.4, 0.5) is 0 Å². The van der Waals surface area contributed by atoms with Crippen LogP contribution in [0.3, 0.4) is 0 Å². The second kappa shape index (κ2) is 3.77. The Morgan fingerprint density at radius 1 is 1.56 bits per heavy atom. The number of carbonyl (C=O) groups is 1. The van der Waals surface area contributed by atoms with Crippen LogP contribution in [0.25, 0.3) is 0 Å². The Bertz CT molecular complexity index is 129. The molecule has 54 valence electrons. The average Bonchev–Trinajstić information content (AvgIpc) is 1.84. The highest BCUT2D eigenvalue weighted by Crippen LogP contribution is 1.98. The van der Waals surface area contributed by atoms with E-state index in [1.54, 1.807) is 20.8 Å². The van der Waals surface area contributed by atoms with Crippen LogP contribution in [0.2, 0.25) is 0 Å². The minimum atomic E-state index is -1.24. The molecule has 2 nitrogen and oxygen atoms in total. The molecule has 1 unspecified atom stereocenters. The lowest BCUT2D eigenvalue weighted by Crippen LogP contribution is -2.14. The van der Waals surface area contributed by atoms with Gasteiger partial charge in [-0.15, -0.1) is 0 Å². The quantitative estimate of drug-likeness (QED) is 0.584. The largest absolute Gasteiger partial charge is 0.284 e. The zero-order valence-electron chi connectivity index (χ0n) is 6.01. The van der Waals surface area contributed by atoms with Gasteiger partial charge in [0.2, 0.25) is 5.12 Å². The maximum atomic E-state index is 10.8. The minimum Gasteiger partial charge on any atom is -0.284 e. The third-order valence-corrected chi connectivity index (χ3v) is 2.40. The first-order chi connectivity index (χ1) is 4.09. The van der Waals surface area contributed by atoms with E-state index < -0.39 is 10.8 Å². The van der Waals surface area contributed by atoms with Crippen LogP contribution in [0.1, 0.15) is 20.8 Å². The van der Waals surface area contributed by atoms with Gasteiger partial charge in [-0.05, 0) is 0 Å². The van der Waals surface area contributed by atoms with Crippen molar-refractivity contribution in [2.75, 3.05) is 5.75 Å². The minimum absolute atomic E-state index is 0.0919. The van der Waals surface area contributed by atoms with E-state index >= 15 is 0 Å². The molecule has 0 amide bonds. The SMILES string of the molecule is CCS(=O)C(=O)C(C)C. The van der Waals surface area contributed by atoms with Gasteiger partial charge in [0.25, 0.3) is 0 Å². The second-order valence-corrected chi connectivity index (χ2v) is 3.78. The molecule has 3 heteroatoms. The van der Waals surface area contributed by atoms with Crippen LogP contribution in [0.5, 0.6) is 0 Å². The first-order valence-corrected chi connectivity index (χ1v) is 4.33. The van der Waals surface area contributed by atoms with Crippen molar-refractivity contribution >= 4 is 15.9 Å². The average molecular weight is 148 g/mol. The molecular weight excluding hydrogens is 136 g/mol. The third-order valence-electron chi connectivity index (χ3n) is 0.958. The molecule has 0 aliphatic heterocycles. The van der Waals surface area contributed by atoms with Gasteiger partial charge in [0.1, 0.15) is 0 Å². The summed E-state index contributed by atoms with van der Waals surface area (Å²) in [4.78, 5) is 10.8. The molecule has 0 heterocycles. The molecule has 0 radical (unpaired) electrons. The Morgan fingerprint density at radius 2 is 2.00 bits per heavy atom. The van der Waals surface area contributed by atoms with Crippen LogP contribution in [0.15, 0.2) is 0 Å². The first kappa shape index (κ1) is 8.82. The molecule has 9 heavy (non-hydrogen) atoms. The normalized spacial score (nSPS) is 13.8. The van der Waals surface area contributed by atoms with Gasteiger partial charge in [0.15, 0.2) is 0 Å². The van der Waals surface area contributed by atoms with Gasteiger partial charge in [0, 0.05) is 11.7 Å².